The Hall–Kier alpha value is -2.27. The van der Waals surface area contributed by atoms with Crippen molar-refractivity contribution in [2.24, 2.45) is 0 Å². The number of hydrogen-bond acceptors (Lipinski definition) is 4. The molecule has 0 heterocycles. The lowest BCUT2D eigenvalue weighted by molar-refractivity contribution is -0.384. The van der Waals surface area contributed by atoms with Gasteiger partial charge in [0, 0.05) is 17.9 Å². The zero-order valence-corrected chi connectivity index (χ0v) is 15.0. The number of non-ortho nitro benzene ring substituents is 1. The molecule has 0 spiro atoms. The fraction of sp³-hybridized carbons (Fsp3) is 0.300. The third kappa shape index (κ3) is 6.63. The summed E-state index contributed by atoms with van der Waals surface area (Å²) >= 11 is 1.91. The molecular formula is C20H23NO3S. The van der Waals surface area contributed by atoms with E-state index < -0.39 is 4.92 Å². The molecule has 132 valence electrons. The van der Waals surface area contributed by atoms with Gasteiger partial charge in [-0.1, -0.05) is 18.2 Å². The molecule has 0 N–H and O–H groups in total. The highest BCUT2D eigenvalue weighted by molar-refractivity contribution is 7.99. The number of nitrogens with zero attached hydrogens (tertiary/aromatic N) is 1. The van der Waals surface area contributed by atoms with Crippen molar-refractivity contribution in [3.8, 4) is 16.9 Å². The molecule has 0 atom stereocenters. The third-order valence-electron chi connectivity index (χ3n) is 3.71. The molecule has 2 aromatic rings. The van der Waals surface area contributed by atoms with Gasteiger partial charge < -0.3 is 4.74 Å². The van der Waals surface area contributed by atoms with Gasteiger partial charge in [-0.3, -0.25) is 10.1 Å². The van der Waals surface area contributed by atoms with Gasteiger partial charge >= 0.3 is 0 Å². The normalized spacial score (nSPS) is 10.4. The van der Waals surface area contributed by atoms with Crippen LogP contribution < -0.4 is 4.74 Å². The minimum Gasteiger partial charge on any atom is -0.493 e. The van der Waals surface area contributed by atoms with Crippen LogP contribution in [0.1, 0.15) is 19.3 Å². The van der Waals surface area contributed by atoms with Crippen LogP contribution in [0.15, 0.2) is 61.2 Å². The number of rotatable bonds is 11. The van der Waals surface area contributed by atoms with Gasteiger partial charge in [-0.15, -0.1) is 6.58 Å². The van der Waals surface area contributed by atoms with Crippen molar-refractivity contribution in [3.05, 3.63) is 71.3 Å². The number of ether oxygens (including phenoxy) is 1. The molecule has 0 aliphatic carbocycles. The molecule has 0 saturated heterocycles. The first-order chi connectivity index (χ1) is 12.2. The largest absolute Gasteiger partial charge is 0.493 e. The Labute approximate surface area is 153 Å². The molecule has 5 heteroatoms. The van der Waals surface area contributed by atoms with E-state index >= 15 is 0 Å². The summed E-state index contributed by atoms with van der Waals surface area (Å²) in [4.78, 5) is 10.3. The first-order valence-electron chi connectivity index (χ1n) is 8.37. The Morgan fingerprint density at radius 3 is 2.24 bits per heavy atom. The predicted octanol–water partition coefficient (Wildman–Crippen LogP) is 5.73. The lowest BCUT2D eigenvalue weighted by Crippen LogP contribution is -2.00. The van der Waals surface area contributed by atoms with Crippen molar-refractivity contribution in [2.75, 3.05) is 18.1 Å². The molecule has 2 rings (SSSR count). The maximum absolute atomic E-state index is 10.7. The minimum atomic E-state index is -0.391. The summed E-state index contributed by atoms with van der Waals surface area (Å²) in [5.41, 5.74) is 2.07. The Morgan fingerprint density at radius 1 is 1.00 bits per heavy atom. The molecule has 0 radical (unpaired) electrons. The summed E-state index contributed by atoms with van der Waals surface area (Å²) in [6.45, 7) is 4.42. The molecular weight excluding hydrogens is 334 g/mol. The maximum Gasteiger partial charge on any atom is 0.269 e. The van der Waals surface area contributed by atoms with Crippen LogP contribution in [0, 0.1) is 10.1 Å². The summed E-state index contributed by atoms with van der Waals surface area (Å²) in [6.07, 6.45) is 5.49. The minimum absolute atomic E-state index is 0.102. The first kappa shape index (κ1) is 19.1. The van der Waals surface area contributed by atoms with Crippen LogP contribution in [-0.2, 0) is 0 Å². The first-order valence-corrected chi connectivity index (χ1v) is 9.52. The second-order valence-corrected chi connectivity index (χ2v) is 6.80. The summed E-state index contributed by atoms with van der Waals surface area (Å²) < 4.78 is 5.75. The van der Waals surface area contributed by atoms with Gasteiger partial charge in [0.15, 0.2) is 0 Å². The lowest BCUT2D eigenvalue weighted by Gasteiger charge is -2.07. The highest BCUT2D eigenvalue weighted by atomic mass is 32.2. The van der Waals surface area contributed by atoms with E-state index in [0.717, 1.165) is 34.8 Å². The molecule has 0 fully saturated rings. The summed E-state index contributed by atoms with van der Waals surface area (Å²) in [5, 5.41) is 10.7. The molecule has 2 aromatic carbocycles. The van der Waals surface area contributed by atoms with E-state index in [9.17, 15) is 10.1 Å². The van der Waals surface area contributed by atoms with E-state index in [1.165, 1.54) is 25.0 Å². The fourth-order valence-electron chi connectivity index (χ4n) is 2.33. The zero-order valence-electron chi connectivity index (χ0n) is 14.2. The van der Waals surface area contributed by atoms with Gasteiger partial charge in [-0.2, -0.15) is 11.8 Å². The SMILES string of the molecule is C=CCCCCSCCOc1ccc(-c2ccc([N+](=O)[O-])cc2)cc1. The van der Waals surface area contributed by atoms with Crippen LogP contribution in [0.5, 0.6) is 5.75 Å². The van der Waals surface area contributed by atoms with E-state index in [1.807, 2.05) is 42.1 Å². The molecule has 4 nitrogen and oxygen atoms in total. The molecule has 0 unspecified atom stereocenters. The molecule has 0 amide bonds. The van der Waals surface area contributed by atoms with Crippen LogP contribution in [0.4, 0.5) is 5.69 Å². The zero-order chi connectivity index (χ0) is 17.9. The van der Waals surface area contributed by atoms with Crippen LogP contribution in [0.2, 0.25) is 0 Å². The monoisotopic (exact) mass is 357 g/mol. The van der Waals surface area contributed by atoms with Crippen molar-refractivity contribution in [2.45, 2.75) is 19.3 Å². The topological polar surface area (TPSA) is 52.4 Å². The van der Waals surface area contributed by atoms with Crippen molar-refractivity contribution in [3.63, 3.8) is 0 Å². The van der Waals surface area contributed by atoms with Gasteiger partial charge in [0.05, 0.1) is 11.5 Å². The molecule has 0 saturated carbocycles. The highest BCUT2D eigenvalue weighted by Gasteiger charge is 2.05. The number of nitro benzene ring substituents is 1. The second-order valence-electron chi connectivity index (χ2n) is 5.57. The van der Waals surface area contributed by atoms with Gasteiger partial charge in [0.2, 0.25) is 0 Å². The molecule has 0 aliphatic heterocycles. The van der Waals surface area contributed by atoms with E-state index in [0.29, 0.717) is 6.61 Å². The van der Waals surface area contributed by atoms with Crippen LogP contribution >= 0.6 is 11.8 Å². The Morgan fingerprint density at radius 2 is 1.64 bits per heavy atom. The number of benzene rings is 2. The van der Waals surface area contributed by atoms with Crippen molar-refractivity contribution in [1.29, 1.82) is 0 Å². The van der Waals surface area contributed by atoms with Crippen molar-refractivity contribution >= 4 is 17.4 Å². The summed E-state index contributed by atoms with van der Waals surface area (Å²) in [5.74, 6) is 2.99. The average Bonchev–Trinajstić information content (AvgIpc) is 2.64. The molecule has 25 heavy (non-hydrogen) atoms. The van der Waals surface area contributed by atoms with E-state index in [2.05, 4.69) is 6.58 Å². The second kappa shape index (κ2) is 10.6. The lowest BCUT2D eigenvalue weighted by atomic mass is 10.1. The van der Waals surface area contributed by atoms with Crippen molar-refractivity contribution in [1.82, 2.24) is 0 Å². The van der Waals surface area contributed by atoms with Crippen LogP contribution in [-0.4, -0.2) is 23.0 Å². The standard InChI is InChI=1S/C20H23NO3S/c1-2-3-4-5-15-25-16-14-24-20-12-8-18(9-13-20)17-6-10-19(11-7-17)21(22)23/h2,6-13H,1,3-5,14-16H2. The predicted molar refractivity (Wildman–Crippen MR) is 105 cm³/mol. The Kier molecular flexibility index (Phi) is 8.05. The quantitative estimate of drug-likeness (QED) is 0.223. The van der Waals surface area contributed by atoms with E-state index in [1.54, 1.807) is 12.1 Å². The fourth-order valence-corrected chi connectivity index (χ4v) is 3.15. The van der Waals surface area contributed by atoms with E-state index in [-0.39, 0.29) is 5.69 Å². The third-order valence-corrected chi connectivity index (χ3v) is 4.74. The number of hydrogen-bond donors (Lipinski definition) is 0. The van der Waals surface area contributed by atoms with Gasteiger partial charge in [-0.25, -0.2) is 0 Å². The van der Waals surface area contributed by atoms with Gasteiger partial charge in [0.1, 0.15) is 5.75 Å². The van der Waals surface area contributed by atoms with Crippen molar-refractivity contribution < 1.29 is 9.66 Å². The summed E-state index contributed by atoms with van der Waals surface area (Å²) in [6, 6.07) is 14.4. The Bertz CT molecular complexity index is 668. The number of nitro groups is 1. The number of thioether (sulfide) groups is 1. The molecule has 0 bridgehead atoms. The molecule has 0 aromatic heterocycles. The van der Waals surface area contributed by atoms with E-state index in [4.69, 9.17) is 4.74 Å². The average molecular weight is 357 g/mol. The van der Waals surface area contributed by atoms with Crippen LogP contribution in [0.3, 0.4) is 0 Å². The summed E-state index contributed by atoms with van der Waals surface area (Å²) in [7, 11) is 0. The maximum atomic E-state index is 10.7. The Balaban J connectivity index is 1.74. The van der Waals surface area contributed by atoms with Gasteiger partial charge in [-0.05, 0) is 60.4 Å². The number of unbranched alkanes of at least 4 members (excludes halogenated alkanes) is 2. The number of allylic oxidation sites excluding steroid dienone is 1. The van der Waals surface area contributed by atoms with Crippen LogP contribution in [0.25, 0.3) is 11.1 Å². The van der Waals surface area contributed by atoms with Gasteiger partial charge in [0.25, 0.3) is 5.69 Å². The molecule has 0 aliphatic rings. The smallest absolute Gasteiger partial charge is 0.269 e. The highest BCUT2D eigenvalue weighted by Crippen LogP contribution is 2.24.